The van der Waals surface area contributed by atoms with Gasteiger partial charge in [-0.2, -0.15) is 4.68 Å². The van der Waals surface area contributed by atoms with Crippen molar-refractivity contribution in [2.45, 2.75) is 0 Å². The summed E-state index contributed by atoms with van der Waals surface area (Å²) in [7, 11) is 0. The normalized spacial score (nSPS) is 14.6. The van der Waals surface area contributed by atoms with Crippen LogP contribution in [0.1, 0.15) is 0 Å². The van der Waals surface area contributed by atoms with Gasteiger partial charge in [-0.3, -0.25) is 9.97 Å². The first-order valence-electron chi connectivity index (χ1n) is 9.03. The lowest BCUT2D eigenvalue weighted by Gasteiger charge is -2.36. The SMILES string of the molecule is Brc1cnc2c(N3CCN(c4nnnn4-c4ccccc4)CC3)ccnc2c1. The number of para-hydroxylation sites is 1. The third kappa shape index (κ3) is 3.07. The number of halogens is 1. The van der Waals surface area contributed by atoms with Gasteiger partial charge in [0.05, 0.1) is 16.9 Å². The molecule has 28 heavy (non-hydrogen) atoms. The molecular formula is C19H17BrN8. The lowest BCUT2D eigenvalue weighted by molar-refractivity contribution is 0.632. The van der Waals surface area contributed by atoms with E-state index in [9.17, 15) is 0 Å². The lowest BCUT2D eigenvalue weighted by atomic mass is 10.2. The molecule has 0 atom stereocenters. The van der Waals surface area contributed by atoms with E-state index in [-0.39, 0.29) is 0 Å². The average Bonchev–Trinajstić information content (AvgIpc) is 3.24. The first-order valence-corrected chi connectivity index (χ1v) is 9.83. The number of anilines is 2. The molecule has 1 aliphatic rings. The average molecular weight is 437 g/mol. The van der Waals surface area contributed by atoms with Crippen molar-refractivity contribution in [2.75, 3.05) is 36.0 Å². The second kappa shape index (κ2) is 7.16. The van der Waals surface area contributed by atoms with Gasteiger partial charge in [-0.1, -0.05) is 23.3 Å². The molecule has 0 unspecified atom stereocenters. The maximum atomic E-state index is 4.58. The van der Waals surface area contributed by atoms with Crippen LogP contribution in [0.25, 0.3) is 16.7 Å². The van der Waals surface area contributed by atoms with Crippen molar-refractivity contribution in [3.05, 3.63) is 59.3 Å². The van der Waals surface area contributed by atoms with Crippen LogP contribution in [0.5, 0.6) is 0 Å². The van der Waals surface area contributed by atoms with Gasteiger partial charge in [0.1, 0.15) is 5.52 Å². The molecule has 1 aliphatic heterocycles. The van der Waals surface area contributed by atoms with Crippen molar-refractivity contribution in [3.8, 4) is 5.69 Å². The summed E-state index contributed by atoms with van der Waals surface area (Å²) in [5, 5.41) is 12.3. The predicted molar refractivity (Wildman–Crippen MR) is 111 cm³/mol. The van der Waals surface area contributed by atoms with E-state index in [0.29, 0.717) is 0 Å². The molecule has 5 rings (SSSR count). The smallest absolute Gasteiger partial charge is 0.250 e. The Morgan fingerprint density at radius 3 is 2.50 bits per heavy atom. The van der Waals surface area contributed by atoms with Crippen molar-refractivity contribution in [1.29, 1.82) is 0 Å². The van der Waals surface area contributed by atoms with E-state index in [1.54, 1.807) is 4.68 Å². The quantitative estimate of drug-likeness (QED) is 0.488. The molecule has 0 amide bonds. The molecule has 8 nitrogen and oxygen atoms in total. The second-order valence-corrected chi connectivity index (χ2v) is 7.47. The Kier molecular flexibility index (Phi) is 4.36. The first kappa shape index (κ1) is 17.1. The summed E-state index contributed by atoms with van der Waals surface area (Å²) in [5.41, 5.74) is 3.88. The van der Waals surface area contributed by atoms with E-state index in [0.717, 1.165) is 59.0 Å². The molecule has 0 spiro atoms. The van der Waals surface area contributed by atoms with Crippen molar-refractivity contribution in [1.82, 2.24) is 30.2 Å². The van der Waals surface area contributed by atoms with Crippen molar-refractivity contribution in [3.63, 3.8) is 0 Å². The van der Waals surface area contributed by atoms with Crippen LogP contribution in [0.4, 0.5) is 11.6 Å². The number of aromatic nitrogens is 6. The van der Waals surface area contributed by atoms with Gasteiger partial charge in [0.15, 0.2) is 0 Å². The maximum absolute atomic E-state index is 4.58. The monoisotopic (exact) mass is 436 g/mol. The highest BCUT2D eigenvalue weighted by atomic mass is 79.9. The zero-order valence-corrected chi connectivity index (χ0v) is 16.6. The van der Waals surface area contributed by atoms with Crippen molar-refractivity contribution >= 4 is 38.6 Å². The third-order valence-corrected chi connectivity index (χ3v) is 5.31. The van der Waals surface area contributed by atoms with Crippen LogP contribution >= 0.6 is 15.9 Å². The van der Waals surface area contributed by atoms with Gasteiger partial charge in [0.25, 0.3) is 0 Å². The Bertz CT molecular complexity index is 1110. The van der Waals surface area contributed by atoms with Gasteiger partial charge in [-0.15, -0.1) is 0 Å². The third-order valence-electron chi connectivity index (χ3n) is 4.88. The molecule has 0 aliphatic carbocycles. The minimum atomic E-state index is 0.771. The summed E-state index contributed by atoms with van der Waals surface area (Å²) < 4.78 is 2.72. The summed E-state index contributed by atoms with van der Waals surface area (Å²) in [4.78, 5) is 13.6. The van der Waals surface area contributed by atoms with Crippen LogP contribution in [0.3, 0.4) is 0 Å². The minimum Gasteiger partial charge on any atom is -0.366 e. The molecule has 1 fully saturated rings. The maximum Gasteiger partial charge on any atom is 0.250 e. The Hall–Kier alpha value is -3.07. The van der Waals surface area contributed by atoms with Crippen LogP contribution in [0.2, 0.25) is 0 Å². The first-order chi connectivity index (χ1) is 13.8. The summed E-state index contributed by atoms with van der Waals surface area (Å²) in [5.74, 6) is 0.771. The number of rotatable bonds is 3. The lowest BCUT2D eigenvalue weighted by Crippen LogP contribution is -2.47. The predicted octanol–water partition coefficient (Wildman–Crippen LogP) is 2.69. The van der Waals surface area contributed by atoms with Crippen LogP contribution in [-0.4, -0.2) is 56.4 Å². The molecule has 140 valence electrons. The standard InChI is InChI=1S/C19H17BrN8/c20-14-12-16-18(22-13-14)17(6-7-21-16)26-8-10-27(11-9-26)19-23-24-25-28(19)15-4-2-1-3-5-15/h1-7,12-13H,8-11H2. The van der Waals surface area contributed by atoms with Crippen LogP contribution in [0.15, 0.2) is 59.3 Å². The molecule has 0 saturated carbocycles. The molecule has 1 aromatic carbocycles. The van der Waals surface area contributed by atoms with Gasteiger partial charge >= 0.3 is 0 Å². The molecule has 4 aromatic rings. The van der Waals surface area contributed by atoms with Gasteiger partial charge in [0, 0.05) is 43.0 Å². The summed E-state index contributed by atoms with van der Waals surface area (Å²) in [6.45, 7) is 3.37. The molecular weight excluding hydrogens is 420 g/mol. The fourth-order valence-electron chi connectivity index (χ4n) is 3.51. The topological polar surface area (TPSA) is 75.9 Å². The van der Waals surface area contributed by atoms with Gasteiger partial charge < -0.3 is 9.80 Å². The summed E-state index contributed by atoms with van der Waals surface area (Å²) >= 11 is 3.47. The number of benzene rings is 1. The number of hydrogen-bond acceptors (Lipinski definition) is 7. The molecule has 9 heteroatoms. The zero-order valence-electron chi connectivity index (χ0n) is 15.0. The van der Waals surface area contributed by atoms with Crippen molar-refractivity contribution < 1.29 is 0 Å². The van der Waals surface area contributed by atoms with E-state index < -0.39 is 0 Å². The Morgan fingerprint density at radius 2 is 1.68 bits per heavy atom. The number of hydrogen-bond donors (Lipinski definition) is 0. The summed E-state index contributed by atoms with van der Waals surface area (Å²) in [6.07, 6.45) is 3.66. The highest BCUT2D eigenvalue weighted by molar-refractivity contribution is 9.10. The number of nitrogens with zero attached hydrogens (tertiary/aromatic N) is 8. The highest BCUT2D eigenvalue weighted by Gasteiger charge is 2.23. The molecule has 3 aromatic heterocycles. The fourth-order valence-corrected chi connectivity index (χ4v) is 3.83. The van der Waals surface area contributed by atoms with Crippen molar-refractivity contribution in [2.24, 2.45) is 0 Å². The van der Waals surface area contributed by atoms with E-state index in [1.807, 2.05) is 54.9 Å². The van der Waals surface area contributed by atoms with E-state index >= 15 is 0 Å². The molecule has 0 bridgehead atoms. The summed E-state index contributed by atoms with van der Waals surface area (Å²) in [6, 6.07) is 14.0. The van der Waals surface area contributed by atoms with E-state index in [1.165, 1.54) is 0 Å². The molecule has 0 radical (unpaired) electrons. The van der Waals surface area contributed by atoms with Crippen LogP contribution in [0, 0.1) is 0 Å². The number of fused-ring (bicyclic) bond motifs is 1. The number of tetrazole rings is 1. The molecule has 4 heterocycles. The van der Waals surface area contributed by atoms with Crippen LogP contribution in [-0.2, 0) is 0 Å². The highest BCUT2D eigenvalue weighted by Crippen LogP contribution is 2.27. The van der Waals surface area contributed by atoms with Gasteiger partial charge in [-0.25, -0.2) is 0 Å². The molecule has 1 saturated heterocycles. The van der Waals surface area contributed by atoms with Gasteiger partial charge in [0.2, 0.25) is 5.95 Å². The zero-order chi connectivity index (χ0) is 18.9. The van der Waals surface area contributed by atoms with E-state index in [4.69, 9.17) is 0 Å². The van der Waals surface area contributed by atoms with Gasteiger partial charge in [-0.05, 0) is 50.6 Å². The Balaban J connectivity index is 1.38. The molecule has 0 N–H and O–H groups in total. The fraction of sp³-hybridized carbons (Fsp3) is 0.211. The minimum absolute atomic E-state index is 0.771. The van der Waals surface area contributed by atoms with E-state index in [2.05, 4.69) is 51.2 Å². The second-order valence-electron chi connectivity index (χ2n) is 6.55. The number of piperazine rings is 1. The van der Waals surface area contributed by atoms with Crippen LogP contribution < -0.4 is 9.80 Å². The largest absolute Gasteiger partial charge is 0.366 e. The Morgan fingerprint density at radius 1 is 0.893 bits per heavy atom. The number of pyridine rings is 2. The Labute approximate surface area is 169 Å².